The molecule has 1 amide bonds. The predicted octanol–water partition coefficient (Wildman–Crippen LogP) is 2.64. The number of benzene rings is 1. The third kappa shape index (κ3) is 3.27. The fraction of sp³-hybridized carbons (Fsp3) is 0.500. The first kappa shape index (κ1) is 16.5. The maximum Gasteiger partial charge on any atom is 0.226 e. The minimum absolute atomic E-state index is 0.171. The van der Waals surface area contributed by atoms with Crippen LogP contribution in [0.5, 0.6) is 0 Å². The number of anilines is 1. The first-order chi connectivity index (χ1) is 11.5. The molecule has 0 radical (unpaired) electrons. The fourth-order valence-electron chi connectivity index (χ4n) is 3.33. The molecule has 0 saturated heterocycles. The summed E-state index contributed by atoms with van der Waals surface area (Å²) in [6, 6.07) is 8.09. The number of nitrogens with two attached hydrogens (primary N) is 1. The van der Waals surface area contributed by atoms with Crippen molar-refractivity contribution < 1.29 is 9.32 Å². The molecule has 2 atom stereocenters. The summed E-state index contributed by atoms with van der Waals surface area (Å²) in [5.41, 5.74) is 7.60. The Balaban J connectivity index is 1.86. The van der Waals surface area contributed by atoms with Crippen LogP contribution >= 0.6 is 0 Å². The number of nitrogens with zero attached hydrogens (tertiary/aromatic N) is 3. The Hall–Kier alpha value is -2.37. The van der Waals surface area contributed by atoms with Gasteiger partial charge in [0.05, 0.1) is 12.5 Å². The molecule has 6 nitrogen and oxygen atoms in total. The van der Waals surface area contributed by atoms with E-state index in [1.54, 1.807) is 0 Å². The summed E-state index contributed by atoms with van der Waals surface area (Å²) in [5.74, 6) is 1.31. The first-order valence-corrected chi connectivity index (χ1v) is 8.42. The number of primary amides is 1. The second-order valence-electron chi connectivity index (χ2n) is 6.93. The van der Waals surface area contributed by atoms with Gasteiger partial charge in [-0.3, -0.25) is 4.79 Å². The summed E-state index contributed by atoms with van der Waals surface area (Å²) >= 11 is 0. The lowest BCUT2D eigenvalue weighted by atomic mass is 9.85. The van der Waals surface area contributed by atoms with Gasteiger partial charge >= 0.3 is 0 Å². The van der Waals surface area contributed by atoms with Gasteiger partial charge in [-0.15, -0.1) is 0 Å². The van der Waals surface area contributed by atoms with Crippen LogP contribution in [-0.2, 0) is 17.8 Å². The van der Waals surface area contributed by atoms with Gasteiger partial charge in [0.25, 0.3) is 0 Å². The predicted molar refractivity (Wildman–Crippen MR) is 91.5 cm³/mol. The average Bonchev–Trinajstić information content (AvgIpc) is 2.96. The Labute approximate surface area is 142 Å². The molecule has 0 fully saturated rings. The molecule has 0 aliphatic carbocycles. The molecule has 1 aromatic heterocycles. The van der Waals surface area contributed by atoms with E-state index in [4.69, 9.17) is 10.3 Å². The Morgan fingerprint density at radius 3 is 2.88 bits per heavy atom. The van der Waals surface area contributed by atoms with Crippen molar-refractivity contribution in [2.45, 2.75) is 52.1 Å². The van der Waals surface area contributed by atoms with Gasteiger partial charge in [-0.2, -0.15) is 4.98 Å². The summed E-state index contributed by atoms with van der Waals surface area (Å²) < 4.78 is 5.34. The van der Waals surface area contributed by atoms with Crippen LogP contribution in [0.2, 0.25) is 0 Å². The molecular weight excluding hydrogens is 304 g/mol. The molecule has 0 unspecified atom stereocenters. The molecule has 6 heteroatoms. The number of aromatic nitrogens is 2. The summed E-state index contributed by atoms with van der Waals surface area (Å²) in [4.78, 5) is 18.5. The smallest absolute Gasteiger partial charge is 0.226 e. The Morgan fingerprint density at radius 1 is 1.42 bits per heavy atom. The van der Waals surface area contributed by atoms with Crippen molar-refractivity contribution >= 4 is 11.6 Å². The normalized spacial score (nSPS) is 20.2. The maximum absolute atomic E-state index is 11.8. The van der Waals surface area contributed by atoms with Crippen molar-refractivity contribution in [2.75, 3.05) is 4.90 Å². The molecule has 1 aromatic carbocycles. The van der Waals surface area contributed by atoms with Gasteiger partial charge in [0, 0.05) is 18.2 Å². The van der Waals surface area contributed by atoms with Crippen molar-refractivity contribution in [2.24, 2.45) is 11.7 Å². The van der Waals surface area contributed by atoms with E-state index in [2.05, 4.69) is 35.8 Å². The number of rotatable bonds is 5. The molecule has 0 spiro atoms. The number of para-hydroxylation sites is 1. The largest absolute Gasteiger partial charge is 0.369 e. The van der Waals surface area contributed by atoms with Gasteiger partial charge in [-0.05, 0) is 30.9 Å². The second kappa shape index (κ2) is 6.63. The zero-order chi connectivity index (χ0) is 17.3. The third-order valence-corrected chi connectivity index (χ3v) is 4.48. The summed E-state index contributed by atoms with van der Waals surface area (Å²) in [6.45, 7) is 6.90. The zero-order valence-electron chi connectivity index (χ0n) is 14.4. The van der Waals surface area contributed by atoms with Gasteiger partial charge in [0.15, 0.2) is 5.82 Å². The maximum atomic E-state index is 11.8. The quantitative estimate of drug-likeness (QED) is 0.912. The van der Waals surface area contributed by atoms with Crippen LogP contribution in [0.3, 0.4) is 0 Å². The van der Waals surface area contributed by atoms with Crippen LogP contribution in [0.1, 0.15) is 50.4 Å². The van der Waals surface area contributed by atoms with Gasteiger partial charge in [0.2, 0.25) is 11.8 Å². The van der Waals surface area contributed by atoms with Crippen molar-refractivity contribution in [3.8, 4) is 0 Å². The summed E-state index contributed by atoms with van der Waals surface area (Å²) in [5, 5.41) is 4.11. The van der Waals surface area contributed by atoms with E-state index in [0.717, 1.165) is 17.7 Å². The highest BCUT2D eigenvalue weighted by Crippen LogP contribution is 2.38. The van der Waals surface area contributed by atoms with Crippen LogP contribution in [0.25, 0.3) is 0 Å². The molecular formula is C18H24N4O2. The Morgan fingerprint density at radius 2 is 2.17 bits per heavy atom. The second-order valence-corrected chi connectivity index (χ2v) is 6.93. The van der Waals surface area contributed by atoms with Gasteiger partial charge in [-0.25, -0.2) is 0 Å². The van der Waals surface area contributed by atoms with Crippen molar-refractivity contribution in [3.63, 3.8) is 0 Å². The highest BCUT2D eigenvalue weighted by Gasteiger charge is 2.33. The van der Waals surface area contributed by atoms with E-state index in [-0.39, 0.29) is 17.9 Å². The standard InChI is InChI=1S/C18H24N4O2/c1-11(2)8-17-20-16(21-24-17)10-22-12(3)9-14(18(19)23)13-6-4-5-7-15(13)22/h4-7,11-12,14H,8-10H2,1-3H3,(H2,19,23)/t12-,14-/m0/s1. The third-order valence-electron chi connectivity index (χ3n) is 4.48. The first-order valence-electron chi connectivity index (χ1n) is 8.42. The summed E-state index contributed by atoms with van der Waals surface area (Å²) in [7, 11) is 0. The number of fused-ring (bicyclic) bond motifs is 1. The van der Waals surface area contributed by atoms with E-state index in [1.807, 2.05) is 24.3 Å². The number of carbonyl (C=O) groups is 1. The molecule has 1 aliphatic rings. The van der Waals surface area contributed by atoms with E-state index in [9.17, 15) is 4.79 Å². The number of hydrogen-bond acceptors (Lipinski definition) is 5. The van der Waals surface area contributed by atoms with Crippen LogP contribution < -0.4 is 10.6 Å². The molecule has 0 saturated carbocycles. The highest BCUT2D eigenvalue weighted by atomic mass is 16.5. The van der Waals surface area contributed by atoms with E-state index < -0.39 is 0 Å². The van der Waals surface area contributed by atoms with Gasteiger partial charge in [0.1, 0.15) is 0 Å². The van der Waals surface area contributed by atoms with E-state index in [1.165, 1.54) is 0 Å². The minimum atomic E-state index is -0.271. The molecule has 24 heavy (non-hydrogen) atoms. The molecule has 2 aromatic rings. The van der Waals surface area contributed by atoms with Crippen LogP contribution in [0, 0.1) is 5.92 Å². The average molecular weight is 328 g/mol. The molecule has 3 rings (SSSR count). The monoisotopic (exact) mass is 328 g/mol. The van der Waals surface area contributed by atoms with Gasteiger partial charge in [-0.1, -0.05) is 37.2 Å². The topological polar surface area (TPSA) is 85.3 Å². The lowest BCUT2D eigenvalue weighted by Gasteiger charge is -2.39. The molecule has 2 heterocycles. The van der Waals surface area contributed by atoms with Gasteiger partial charge < -0.3 is 15.2 Å². The van der Waals surface area contributed by atoms with Crippen molar-refractivity contribution in [3.05, 3.63) is 41.5 Å². The van der Waals surface area contributed by atoms with Crippen LogP contribution in [0.4, 0.5) is 5.69 Å². The summed E-state index contributed by atoms with van der Waals surface area (Å²) in [6.07, 6.45) is 1.48. The molecule has 1 aliphatic heterocycles. The van der Waals surface area contributed by atoms with Crippen molar-refractivity contribution in [1.82, 2.24) is 10.1 Å². The number of hydrogen-bond donors (Lipinski definition) is 1. The molecule has 0 bridgehead atoms. The lowest BCUT2D eigenvalue weighted by molar-refractivity contribution is -0.119. The Kier molecular flexibility index (Phi) is 4.55. The lowest BCUT2D eigenvalue weighted by Crippen LogP contribution is -2.41. The fourth-order valence-corrected chi connectivity index (χ4v) is 3.33. The zero-order valence-corrected chi connectivity index (χ0v) is 14.4. The molecule has 128 valence electrons. The molecule has 2 N–H and O–H groups in total. The van der Waals surface area contributed by atoms with E-state index >= 15 is 0 Å². The number of amides is 1. The van der Waals surface area contributed by atoms with E-state index in [0.29, 0.717) is 30.6 Å². The SMILES string of the molecule is CC(C)Cc1nc(CN2c3ccccc3[C@@H](C(N)=O)C[C@@H]2C)no1. The number of carbonyl (C=O) groups excluding carboxylic acids is 1. The van der Waals surface area contributed by atoms with Crippen LogP contribution in [-0.4, -0.2) is 22.1 Å². The van der Waals surface area contributed by atoms with Crippen molar-refractivity contribution in [1.29, 1.82) is 0 Å². The Bertz CT molecular complexity index is 725. The minimum Gasteiger partial charge on any atom is -0.369 e. The van der Waals surface area contributed by atoms with Crippen LogP contribution in [0.15, 0.2) is 28.8 Å². The highest BCUT2D eigenvalue weighted by molar-refractivity contribution is 5.85.